The monoisotopic (exact) mass is 508 g/mol. The predicted molar refractivity (Wildman–Crippen MR) is 146 cm³/mol. The highest BCUT2D eigenvalue weighted by molar-refractivity contribution is 7.80. The number of nitrogens with one attached hydrogen (secondary N) is 3. The van der Waals surface area contributed by atoms with E-state index in [0.29, 0.717) is 31.1 Å². The van der Waals surface area contributed by atoms with Crippen molar-refractivity contribution in [3.63, 3.8) is 0 Å². The van der Waals surface area contributed by atoms with E-state index in [9.17, 15) is 9.59 Å². The van der Waals surface area contributed by atoms with Crippen molar-refractivity contribution in [3.05, 3.63) is 54.1 Å². The minimum absolute atomic E-state index is 0.0290. The number of hydrogen-bond donors (Lipinski definition) is 4. The van der Waals surface area contributed by atoms with Crippen LogP contribution in [-0.2, 0) is 9.59 Å². The van der Waals surface area contributed by atoms with Crippen LogP contribution in [-0.4, -0.2) is 51.2 Å². The molecule has 1 heterocycles. The summed E-state index contributed by atoms with van der Waals surface area (Å²) in [6.07, 6.45) is 4.19. The van der Waals surface area contributed by atoms with Gasteiger partial charge in [-0.15, -0.1) is 10.2 Å². The van der Waals surface area contributed by atoms with Crippen molar-refractivity contribution in [2.75, 3.05) is 18.8 Å². The summed E-state index contributed by atoms with van der Waals surface area (Å²) < 4.78 is 0. The van der Waals surface area contributed by atoms with Gasteiger partial charge in [-0.25, -0.2) is 0 Å². The molecule has 0 spiro atoms. The van der Waals surface area contributed by atoms with Crippen LogP contribution < -0.4 is 10.6 Å². The number of Topliss-reactive ketones (excluding diaryl/α,β-unsaturated/α-hetero) is 1. The van der Waals surface area contributed by atoms with E-state index in [1.54, 1.807) is 0 Å². The van der Waals surface area contributed by atoms with Crippen LogP contribution in [0.5, 0.6) is 0 Å². The largest absolute Gasteiger partial charge is 0.355 e. The molecule has 0 radical (unpaired) electrons. The molecule has 0 saturated heterocycles. The van der Waals surface area contributed by atoms with E-state index in [0.717, 1.165) is 47.9 Å². The van der Waals surface area contributed by atoms with Crippen molar-refractivity contribution >= 4 is 24.3 Å². The summed E-state index contributed by atoms with van der Waals surface area (Å²) in [5.41, 5.74) is 3.76. The summed E-state index contributed by atoms with van der Waals surface area (Å²) in [7, 11) is 0. The Labute approximate surface area is 218 Å². The van der Waals surface area contributed by atoms with Crippen molar-refractivity contribution in [2.45, 2.75) is 52.0 Å². The summed E-state index contributed by atoms with van der Waals surface area (Å²) in [6, 6.07) is 15.4. The van der Waals surface area contributed by atoms with E-state index < -0.39 is 6.04 Å². The summed E-state index contributed by atoms with van der Waals surface area (Å²) >= 11 is 4.33. The van der Waals surface area contributed by atoms with Crippen LogP contribution in [0, 0.1) is 5.92 Å². The number of carbonyl (C=O) groups is 2. The number of hydrogen-bond acceptors (Lipinski definition) is 7. The van der Waals surface area contributed by atoms with Crippen molar-refractivity contribution in [1.29, 1.82) is 0 Å². The molecular weight excluding hydrogens is 472 g/mol. The third-order valence-corrected chi connectivity index (χ3v) is 6.60. The van der Waals surface area contributed by atoms with E-state index in [2.05, 4.69) is 50.8 Å². The van der Waals surface area contributed by atoms with Gasteiger partial charge in [-0.05, 0) is 34.7 Å². The third kappa shape index (κ3) is 7.48. The molecule has 0 bridgehead atoms. The summed E-state index contributed by atoms with van der Waals surface area (Å²) in [5, 5.41) is 20.7. The lowest BCUT2D eigenvalue weighted by molar-refractivity contribution is -0.124. The number of aromatic nitrogens is 4. The van der Waals surface area contributed by atoms with Crippen LogP contribution >= 0.6 is 12.6 Å². The average Bonchev–Trinajstić information content (AvgIpc) is 3.44. The lowest BCUT2D eigenvalue weighted by atomic mass is 9.95. The van der Waals surface area contributed by atoms with E-state index in [-0.39, 0.29) is 17.6 Å². The summed E-state index contributed by atoms with van der Waals surface area (Å²) in [4.78, 5) is 25.4. The quantitative estimate of drug-likeness (QED) is 0.179. The molecule has 0 saturated carbocycles. The lowest BCUT2D eigenvalue weighted by Gasteiger charge is -2.20. The molecule has 0 aliphatic rings. The maximum atomic E-state index is 12.9. The van der Waals surface area contributed by atoms with Gasteiger partial charge in [-0.1, -0.05) is 75.2 Å². The van der Waals surface area contributed by atoms with Crippen LogP contribution in [0.15, 0.2) is 48.5 Å². The SMILES string of the molecule is CCCCC(CS)C(=O)NCCNC(C(=O)CCC)c1ccc(-c2ccccc2-c2nn[nH]n2)cc1. The fraction of sp³-hybridized carbons (Fsp3) is 0.444. The van der Waals surface area contributed by atoms with Crippen molar-refractivity contribution in [2.24, 2.45) is 5.92 Å². The van der Waals surface area contributed by atoms with E-state index >= 15 is 0 Å². The molecule has 2 unspecified atom stereocenters. The number of aromatic amines is 1. The number of thiol groups is 1. The zero-order valence-corrected chi connectivity index (χ0v) is 21.9. The van der Waals surface area contributed by atoms with Gasteiger partial charge in [0.25, 0.3) is 0 Å². The second kappa shape index (κ2) is 14.5. The Bertz CT molecular complexity index is 1090. The normalized spacial score (nSPS) is 12.8. The second-order valence-electron chi connectivity index (χ2n) is 8.82. The number of benzene rings is 2. The van der Waals surface area contributed by atoms with Crippen molar-refractivity contribution < 1.29 is 9.59 Å². The van der Waals surface area contributed by atoms with E-state index in [4.69, 9.17) is 0 Å². The first-order chi connectivity index (χ1) is 17.6. The number of ketones is 1. The highest BCUT2D eigenvalue weighted by Crippen LogP contribution is 2.30. The maximum absolute atomic E-state index is 12.9. The van der Waals surface area contributed by atoms with Gasteiger partial charge in [0.05, 0.1) is 6.04 Å². The van der Waals surface area contributed by atoms with Crippen LogP contribution in [0.25, 0.3) is 22.5 Å². The molecule has 1 aromatic heterocycles. The Morgan fingerprint density at radius 2 is 1.75 bits per heavy atom. The number of rotatable bonds is 15. The summed E-state index contributed by atoms with van der Waals surface area (Å²) in [6.45, 7) is 5.08. The standard InChI is InChI=1S/C27H36N6O2S/c1-3-5-9-21(18-36)27(35)29-17-16-28-25(24(34)8-4-2)20-14-12-19(13-15-20)22-10-6-7-11-23(22)26-30-32-33-31-26/h6-7,10-15,21,25,28,36H,3-5,8-9,16-18H2,1-2H3,(H,29,35)(H,30,31,32,33). The number of nitrogens with zero attached hydrogens (tertiary/aromatic N) is 3. The molecule has 36 heavy (non-hydrogen) atoms. The molecular formula is C27H36N6O2S. The Morgan fingerprint density at radius 1 is 1.00 bits per heavy atom. The maximum Gasteiger partial charge on any atom is 0.223 e. The van der Waals surface area contributed by atoms with Crippen LogP contribution in [0.3, 0.4) is 0 Å². The predicted octanol–water partition coefficient (Wildman–Crippen LogP) is 4.39. The van der Waals surface area contributed by atoms with Crippen LogP contribution in [0.2, 0.25) is 0 Å². The number of amides is 1. The number of H-pyrrole nitrogens is 1. The molecule has 1 amide bonds. The Hall–Kier alpha value is -3.04. The van der Waals surface area contributed by atoms with Gasteiger partial charge in [0.1, 0.15) is 0 Å². The zero-order chi connectivity index (χ0) is 25.8. The molecule has 2 atom stereocenters. The first-order valence-corrected chi connectivity index (χ1v) is 13.3. The fourth-order valence-electron chi connectivity index (χ4n) is 4.17. The molecule has 0 aliphatic carbocycles. The molecule has 3 aromatic rings. The Kier molecular flexibility index (Phi) is 11.1. The van der Waals surface area contributed by atoms with Gasteiger partial charge < -0.3 is 10.6 Å². The minimum Gasteiger partial charge on any atom is -0.355 e. The van der Waals surface area contributed by atoms with E-state index in [1.807, 2.05) is 55.5 Å². The molecule has 9 heteroatoms. The molecule has 192 valence electrons. The minimum atomic E-state index is -0.427. The zero-order valence-electron chi connectivity index (χ0n) is 21.0. The average molecular weight is 509 g/mol. The van der Waals surface area contributed by atoms with Crippen molar-refractivity contribution in [1.82, 2.24) is 31.3 Å². The topological polar surface area (TPSA) is 113 Å². The molecule has 3 N–H and O–H groups in total. The van der Waals surface area contributed by atoms with Gasteiger partial charge in [0.2, 0.25) is 11.7 Å². The Morgan fingerprint density at radius 3 is 2.39 bits per heavy atom. The molecule has 8 nitrogen and oxygen atoms in total. The fourth-order valence-corrected chi connectivity index (χ4v) is 4.52. The van der Waals surface area contributed by atoms with Crippen LogP contribution in [0.1, 0.15) is 57.6 Å². The number of unbranched alkanes of at least 4 members (excludes halogenated alkanes) is 1. The van der Waals surface area contributed by atoms with Gasteiger partial charge >= 0.3 is 0 Å². The first kappa shape index (κ1) is 27.5. The highest BCUT2D eigenvalue weighted by atomic mass is 32.1. The van der Waals surface area contributed by atoms with Crippen molar-refractivity contribution in [3.8, 4) is 22.5 Å². The Balaban J connectivity index is 1.68. The van der Waals surface area contributed by atoms with Gasteiger partial charge in [0.15, 0.2) is 5.78 Å². The smallest absolute Gasteiger partial charge is 0.223 e. The van der Waals surface area contributed by atoms with E-state index in [1.165, 1.54) is 0 Å². The van der Waals surface area contributed by atoms with Gasteiger partial charge in [0, 0.05) is 36.7 Å². The van der Waals surface area contributed by atoms with Gasteiger partial charge in [-0.2, -0.15) is 17.8 Å². The third-order valence-electron chi connectivity index (χ3n) is 6.16. The van der Waals surface area contributed by atoms with Gasteiger partial charge in [-0.3, -0.25) is 9.59 Å². The molecule has 2 aromatic carbocycles. The van der Waals surface area contributed by atoms with Crippen LogP contribution in [0.4, 0.5) is 0 Å². The molecule has 3 rings (SSSR count). The lowest BCUT2D eigenvalue weighted by Crippen LogP contribution is -2.39. The molecule has 0 fully saturated rings. The molecule has 0 aliphatic heterocycles. The first-order valence-electron chi connectivity index (χ1n) is 12.7. The summed E-state index contributed by atoms with van der Waals surface area (Å²) in [5.74, 6) is 1.16. The number of tetrazole rings is 1. The highest BCUT2D eigenvalue weighted by Gasteiger charge is 2.20. The second-order valence-corrected chi connectivity index (χ2v) is 9.18. The number of carbonyl (C=O) groups excluding carboxylic acids is 2.